The van der Waals surface area contributed by atoms with Crippen LogP contribution in [0.25, 0.3) is 0 Å². The van der Waals surface area contributed by atoms with E-state index in [-0.39, 0.29) is 29.0 Å². The summed E-state index contributed by atoms with van der Waals surface area (Å²) in [7, 11) is 0. The van der Waals surface area contributed by atoms with Crippen molar-refractivity contribution in [3.05, 3.63) is 24.2 Å². The van der Waals surface area contributed by atoms with Gasteiger partial charge in [0.15, 0.2) is 0 Å². The molecule has 1 spiro atoms. The van der Waals surface area contributed by atoms with E-state index in [9.17, 15) is 4.79 Å². The molecule has 3 heterocycles. The summed E-state index contributed by atoms with van der Waals surface area (Å²) < 4.78 is 17.3. The van der Waals surface area contributed by atoms with Crippen LogP contribution in [0.1, 0.15) is 58.1 Å². The van der Waals surface area contributed by atoms with Gasteiger partial charge < -0.3 is 19.2 Å². The number of epoxide rings is 1. The molecule has 0 radical (unpaired) electrons. The van der Waals surface area contributed by atoms with Gasteiger partial charge in [-0.2, -0.15) is 0 Å². The van der Waals surface area contributed by atoms with Crippen LogP contribution in [0.3, 0.4) is 0 Å². The van der Waals surface area contributed by atoms with E-state index >= 15 is 0 Å². The third-order valence-electron chi connectivity index (χ3n) is 8.17. The number of nitrogens with one attached hydrogen (secondary N) is 1. The fourth-order valence-electron chi connectivity index (χ4n) is 6.43. The summed E-state index contributed by atoms with van der Waals surface area (Å²) in [4.78, 5) is 12.7. The van der Waals surface area contributed by atoms with E-state index in [0.717, 1.165) is 44.6 Å². The molecule has 28 heavy (non-hydrogen) atoms. The Hall–Kier alpha value is -1.33. The van der Waals surface area contributed by atoms with Crippen molar-refractivity contribution in [2.45, 2.75) is 76.5 Å². The zero-order valence-corrected chi connectivity index (χ0v) is 17.1. The Bertz CT molecular complexity index is 712. The number of furan rings is 1. The van der Waals surface area contributed by atoms with Gasteiger partial charge in [0.25, 0.3) is 0 Å². The van der Waals surface area contributed by atoms with Crippen LogP contribution in [-0.2, 0) is 20.7 Å². The maximum absolute atomic E-state index is 12.7. The van der Waals surface area contributed by atoms with E-state index < -0.39 is 0 Å². The number of carbonyl (C=O) groups is 1. The number of hydrogen-bond donors (Lipinski definition) is 1. The normalized spacial score (nSPS) is 42.7. The van der Waals surface area contributed by atoms with Gasteiger partial charge in [0.2, 0.25) is 0 Å². The second-order valence-electron chi connectivity index (χ2n) is 10.0. The summed E-state index contributed by atoms with van der Waals surface area (Å²) in [6, 6.07) is 4.30. The van der Waals surface area contributed by atoms with E-state index in [4.69, 9.17) is 13.9 Å². The Kier molecular flexibility index (Phi) is 4.59. The van der Waals surface area contributed by atoms with Gasteiger partial charge in [0, 0.05) is 24.9 Å². The van der Waals surface area contributed by atoms with Gasteiger partial charge in [-0.3, -0.25) is 4.79 Å². The molecule has 1 N–H and O–H groups in total. The largest absolute Gasteiger partial charge is 0.469 e. The van der Waals surface area contributed by atoms with E-state index in [1.165, 1.54) is 19.3 Å². The molecule has 1 aromatic rings. The van der Waals surface area contributed by atoms with Crippen LogP contribution in [0.4, 0.5) is 0 Å². The van der Waals surface area contributed by atoms with E-state index in [0.29, 0.717) is 17.9 Å². The zero-order chi connectivity index (χ0) is 19.4. The van der Waals surface area contributed by atoms with Crippen LogP contribution in [-0.4, -0.2) is 36.9 Å². The predicted molar refractivity (Wildman–Crippen MR) is 105 cm³/mol. The maximum atomic E-state index is 12.7. The van der Waals surface area contributed by atoms with Crippen molar-refractivity contribution in [3.8, 4) is 0 Å². The summed E-state index contributed by atoms with van der Waals surface area (Å²) in [6.45, 7) is 6.24. The molecule has 4 aliphatic rings. The third-order valence-corrected chi connectivity index (χ3v) is 8.17. The van der Waals surface area contributed by atoms with Crippen molar-refractivity contribution in [1.82, 2.24) is 5.32 Å². The molecule has 7 atom stereocenters. The second-order valence-corrected chi connectivity index (χ2v) is 10.0. The van der Waals surface area contributed by atoms with Crippen molar-refractivity contribution in [2.75, 3.05) is 13.2 Å². The fourth-order valence-corrected chi connectivity index (χ4v) is 6.43. The van der Waals surface area contributed by atoms with Gasteiger partial charge in [-0.15, -0.1) is 0 Å². The van der Waals surface area contributed by atoms with Crippen molar-refractivity contribution < 1.29 is 18.7 Å². The highest BCUT2D eigenvalue weighted by atomic mass is 16.6. The van der Waals surface area contributed by atoms with Gasteiger partial charge in [-0.25, -0.2) is 0 Å². The molecule has 0 bridgehead atoms. The van der Waals surface area contributed by atoms with Gasteiger partial charge >= 0.3 is 5.97 Å². The summed E-state index contributed by atoms with van der Waals surface area (Å²) in [5.41, 5.74) is 0.396. The number of aryl methyl sites for hydroxylation is 1. The van der Waals surface area contributed by atoms with E-state index in [1.54, 1.807) is 6.26 Å². The van der Waals surface area contributed by atoms with E-state index in [2.05, 4.69) is 19.2 Å². The van der Waals surface area contributed by atoms with Crippen molar-refractivity contribution in [3.63, 3.8) is 0 Å². The van der Waals surface area contributed by atoms with Gasteiger partial charge in [0.1, 0.15) is 11.9 Å². The molecule has 2 saturated heterocycles. The lowest BCUT2D eigenvalue weighted by atomic mass is 9.53. The quantitative estimate of drug-likeness (QED) is 0.595. The number of rotatable bonds is 6. The van der Waals surface area contributed by atoms with Crippen LogP contribution in [0.5, 0.6) is 0 Å². The lowest BCUT2D eigenvalue weighted by Crippen LogP contribution is -2.51. The second kappa shape index (κ2) is 6.88. The molecular weight excluding hydrogens is 354 g/mol. The summed E-state index contributed by atoms with van der Waals surface area (Å²) in [5.74, 6) is 1.94. The lowest BCUT2D eigenvalue weighted by molar-refractivity contribution is -0.147. The van der Waals surface area contributed by atoms with Crippen molar-refractivity contribution in [1.29, 1.82) is 0 Å². The average Bonchev–Trinajstić information content (AvgIpc) is 3.11. The molecule has 2 aliphatic carbocycles. The maximum Gasteiger partial charge on any atom is 0.310 e. The average molecular weight is 388 g/mol. The minimum absolute atomic E-state index is 0.00810. The number of carbonyl (C=O) groups excluding carboxylic acids is 1. The molecule has 154 valence electrons. The third kappa shape index (κ3) is 3.21. The van der Waals surface area contributed by atoms with Gasteiger partial charge in [-0.1, -0.05) is 6.92 Å². The number of fused-ring (bicyclic) bond motifs is 3. The first kappa shape index (κ1) is 18.7. The van der Waals surface area contributed by atoms with Crippen LogP contribution in [0.2, 0.25) is 0 Å². The molecule has 0 amide bonds. The van der Waals surface area contributed by atoms with Gasteiger partial charge in [-0.05, 0) is 68.9 Å². The first-order valence-corrected chi connectivity index (χ1v) is 11.1. The SMILES string of the molecule is C[C@H](CCc1ccco1)NC[C@@H]1C(=O)O[C@@H]2C[C@@]3(C)CCC[C@@]4(CO4)[C@@H]3C[C@H]12. The van der Waals surface area contributed by atoms with Crippen LogP contribution in [0.15, 0.2) is 22.8 Å². The molecule has 5 nitrogen and oxygen atoms in total. The van der Waals surface area contributed by atoms with Crippen LogP contribution >= 0.6 is 0 Å². The number of ether oxygens (including phenoxy) is 2. The number of hydrogen-bond acceptors (Lipinski definition) is 5. The molecule has 5 rings (SSSR count). The standard InChI is InChI=1S/C23H33NO4/c1-15(6-7-16-5-3-10-26-16)24-13-18-17-11-20-22(2,12-19(17)28-21(18)25)8-4-9-23(20)14-27-23/h3,5,10,15,17-20,24H,4,6-9,11-14H2,1-2H3/t15-,17-,18+,19-,20-,22-,23-/m1/s1. The lowest BCUT2D eigenvalue weighted by Gasteiger charge is -2.51. The van der Waals surface area contributed by atoms with Crippen molar-refractivity contribution >= 4 is 5.97 Å². The highest BCUT2D eigenvalue weighted by molar-refractivity contribution is 5.75. The Balaban J connectivity index is 1.21. The zero-order valence-electron chi connectivity index (χ0n) is 17.1. The summed E-state index contributed by atoms with van der Waals surface area (Å²) >= 11 is 0. The molecule has 2 aliphatic heterocycles. The molecule has 4 fully saturated rings. The first-order valence-electron chi connectivity index (χ1n) is 11.1. The Morgan fingerprint density at radius 3 is 2.96 bits per heavy atom. The minimum Gasteiger partial charge on any atom is -0.469 e. The Morgan fingerprint density at radius 1 is 1.36 bits per heavy atom. The first-order chi connectivity index (χ1) is 13.5. The predicted octanol–water partition coefficient (Wildman–Crippen LogP) is 3.72. The topological polar surface area (TPSA) is 64.0 Å². The molecule has 2 saturated carbocycles. The van der Waals surface area contributed by atoms with Crippen LogP contribution in [0, 0.1) is 23.2 Å². The molecule has 1 aromatic heterocycles. The smallest absolute Gasteiger partial charge is 0.310 e. The molecule has 0 unspecified atom stereocenters. The molecule has 5 heteroatoms. The Morgan fingerprint density at radius 2 is 2.21 bits per heavy atom. The highest BCUT2D eigenvalue weighted by Gasteiger charge is 2.64. The Labute approximate surface area is 167 Å². The van der Waals surface area contributed by atoms with E-state index in [1.807, 2.05) is 12.1 Å². The fraction of sp³-hybridized carbons (Fsp3) is 0.783. The summed E-state index contributed by atoms with van der Waals surface area (Å²) in [6.07, 6.45) is 9.54. The summed E-state index contributed by atoms with van der Waals surface area (Å²) in [5, 5.41) is 3.59. The van der Waals surface area contributed by atoms with Crippen LogP contribution < -0.4 is 5.32 Å². The minimum atomic E-state index is -0.0154. The molecule has 0 aromatic carbocycles. The highest BCUT2D eigenvalue weighted by Crippen LogP contribution is 2.62. The molecular formula is C23H33NO4. The van der Waals surface area contributed by atoms with Gasteiger partial charge in [0.05, 0.1) is 24.4 Å². The number of esters is 1. The monoisotopic (exact) mass is 387 g/mol. The van der Waals surface area contributed by atoms with Crippen molar-refractivity contribution in [2.24, 2.45) is 23.2 Å².